The maximum Gasteiger partial charge on any atom is 0.260 e. The van der Waals surface area contributed by atoms with Crippen molar-refractivity contribution in [2.75, 3.05) is 39.4 Å². The van der Waals surface area contributed by atoms with Crippen molar-refractivity contribution in [3.63, 3.8) is 0 Å². The zero-order valence-electron chi connectivity index (χ0n) is 14.2. The second kappa shape index (κ2) is 9.40. The van der Waals surface area contributed by atoms with Crippen molar-refractivity contribution < 1.29 is 14.3 Å². The molecule has 2 rings (SSSR count). The van der Waals surface area contributed by atoms with E-state index >= 15 is 0 Å². The van der Waals surface area contributed by atoms with E-state index in [1.807, 2.05) is 36.1 Å². The Morgan fingerprint density at radius 2 is 1.83 bits per heavy atom. The van der Waals surface area contributed by atoms with Gasteiger partial charge in [-0.25, -0.2) is 0 Å². The minimum absolute atomic E-state index is 0.0539. The average Bonchev–Trinajstić information content (AvgIpc) is 2.59. The Morgan fingerprint density at radius 1 is 1.17 bits per heavy atom. The molecule has 5 nitrogen and oxygen atoms in total. The lowest BCUT2D eigenvalue weighted by molar-refractivity contribution is -0.134. The summed E-state index contributed by atoms with van der Waals surface area (Å²) in [6.07, 6.45) is 2.13. The van der Waals surface area contributed by atoms with Gasteiger partial charge in [-0.3, -0.25) is 4.79 Å². The molecule has 23 heavy (non-hydrogen) atoms. The van der Waals surface area contributed by atoms with Crippen LogP contribution < -0.4 is 14.8 Å². The monoisotopic (exact) mass is 320 g/mol. The van der Waals surface area contributed by atoms with Gasteiger partial charge in [0.1, 0.15) is 0 Å². The number of para-hydroxylation sites is 2. The zero-order chi connectivity index (χ0) is 16.5. The van der Waals surface area contributed by atoms with E-state index in [4.69, 9.17) is 9.47 Å². The standard InChI is InChI=1S/C18H28N2O3/c1-3-19-13-15-9-11-20(12-10-15)18(21)14-23-17-8-6-5-7-16(17)22-4-2/h5-8,15,19H,3-4,9-14H2,1-2H3. The number of likely N-dealkylation sites (tertiary alicyclic amines) is 1. The molecular weight excluding hydrogens is 292 g/mol. The number of hydrogen-bond donors (Lipinski definition) is 1. The van der Waals surface area contributed by atoms with E-state index in [1.54, 1.807) is 0 Å². The highest BCUT2D eigenvalue weighted by molar-refractivity contribution is 5.78. The second-order valence-electron chi connectivity index (χ2n) is 5.80. The summed E-state index contributed by atoms with van der Waals surface area (Å²) in [5.41, 5.74) is 0. The van der Waals surface area contributed by atoms with E-state index in [9.17, 15) is 4.79 Å². The minimum Gasteiger partial charge on any atom is -0.490 e. The van der Waals surface area contributed by atoms with Crippen molar-refractivity contribution in [3.05, 3.63) is 24.3 Å². The fraction of sp³-hybridized carbons (Fsp3) is 0.611. The van der Waals surface area contributed by atoms with Gasteiger partial charge >= 0.3 is 0 Å². The molecule has 0 radical (unpaired) electrons. The summed E-state index contributed by atoms with van der Waals surface area (Å²) in [6, 6.07) is 7.47. The van der Waals surface area contributed by atoms with Crippen molar-refractivity contribution >= 4 is 5.91 Å². The van der Waals surface area contributed by atoms with E-state index in [0.29, 0.717) is 24.0 Å². The SMILES string of the molecule is CCNCC1CCN(C(=O)COc2ccccc2OCC)CC1. The predicted octanol–water partition coefficient (Wildman–Crippen LogP) is 2.31. The number of amides is 1. The molecule has 1 aliphatic rings. The molecule has 1 N–H and O–H groups in total. The first-order valence-corrected chi connectivity index (χ1v) is 8.57. The molecule has 1 amide bonds. The minimum atomic E-state index is 0.0539. The fourth-order valence-corrected chi connectivity index (χ4v) is 2.81. The summed E-state index contributed by atoms with van der Waals surface area (Å²) in [4.78, 5) is 14.2. The molecule has 1 fully saturated rings. The van der Waals surface area contributed by atoms with Gasteiger partial charge in [0.15, 0.2) is 18.1 Å². The van der Waals surface area contributed by atoms with E-state index in [-0.39, 0.29) is 12.5 Å². The van der Waals surface area contributed by atoms with Crippen molar-refractivity contribution in [1.82, 2.24) is 10.2 Å². The summed E-state index contributed by atoms with van der Waals surface area (Å²) in [5, 5.41) is 3.38. The first-order valence-electron chi connectivity index (χ1n) is 8.57. The molecule has 5 heteroatoms. The first-order chi connectivity index (χ1) is 11.2. The second-order valence-corrected chi connectivity index (χ2v) is 5.80. The Morgan fingerprint density at radius 3 is 2.43 bits per heavy atom. The average molecular weight is 320 g/mol. The van der Waals surface area contributed by atoms with Crippen LogP contribution in [0.4, 0.5) is 0 Å². The molecule has 0 saturated carbocycles. The van der Waals surface area contributed by atoms with E-state index in [2.05, 4.69) is 12.2 Å². The Balaban J connectivity index is 1.77. The van der Waals surface area contributed by atoms with Gasteiger partial charge in [-0.15, -0.1) is 0 Å². The first kappa shape index (κ1) is 17.6. The number of rotatable bonds is 8. The lowest BCUT2D eigenvalue weighted by atomic mass is 9.97. The van der Waals surface area contributed by atoms with Gasteiger partial charge in [0.25, 0.3) is 5.91 Å². The predicted molar refractivity (Wildman–Crippen MR) is 91.0 cm³/mol. The molecule has 1 aliphatic heterocycles. The molecule has 0 atom stereocenters. The Bertz CT molecular complexity index is 485. The van der Waals surface area contributed by atoms with Gasteiger partial charge in [0.2, 0.25) is 0 Å². The van der Waals surface area contributed by atoms with Gasteiger partial charge in [0.05, 0.1) is 6.61 Å². The number of nitrogens with one attached hydrogen (secondary N) is 1. The van der Waals surface area contributed by atoms with E-state index in [1.165, 1.54) is 0 Å². The molecular formula is C18H28N2O3. The van der Waals surface area contributed by atoms with Crippen LogP contribution in [0.5, 0.6) is 11.5 Å². The number of benzene rings is 1. The molecule has 0 aromatic heterocycles. The third-order valence-corrected chi connectivity index (χ3v) is 4.15. The number of piperidine rings is 1. The zero-order valence-corrected chi connectivity index (χ0v) is 14.2. The lowest BCUT2D eigenvalue weighted by Gasteiger charge is -2.32. The number of hydrogen-bond acceptors (Lipinski definition) is 4. The van der Waals surface area contributed by atoms with Crippen LogP contribution in [0.25, 0.3) is 0 Å². The highest BCUT2D eigenvalue weighted by Crippen LogP contribution is 2.26. The smallest absolute Gasteiger partial charge is 0.260 e. The van der Waals surface area contributed by atoms with Crippen LogP contribution >= 0.6 is 0 Å². The summed E-state index contributed by atoms with van der Waals surface area (Å²) < 4.78 is 11.2. The fourth-order valence-electron chi connectivity index (χ4n) is 2.81. The lowest BCUT2D eigenvalue weighted by Crippen LogP contribution is -2.42. The molecule has 1 heterocycles. The van der Waals surface area contributed by atoms with Crippen LogP contribution in [0, 0.1) is 5.92 Å². The topological polar surface area (TPSA) is 50.8 Å². The quantitative estimate of drug-likeness (QED) is 0.798. The number of carbonyl (C=O) groups excluding carboxylic acids is 1. The number of ether oxygens (including phenoxy) is 2. The molecule has 0 spiro atoms. The van der Waals surface area contributed by atoms with Gasteiger partial charge in [-0.05, 0) is 50.9 Å². The highest BCUT2D eigenvalue weighted by Gasteiger charge is 2.22. The van der Waals surface area contributed by atoms with Crippen LogP contribution in [0.2, 0.25) is 0 Å². The van der Waals surface area contributed by atoms with Gasteiger partial charge < -0.3 is 19.7 Å². The van der Waals surface area contributed by atoms with Crippen LogP contribution in [-0.2, 0) is 4.79 Å². The molecule has 0 bridgehead atoms. The van der Waals surface area contributed by atoms with E-state index < -0.39 is 0 Å². The third kappa shape index (κ3) is 5.43. The summed E-state index contributed by atoms with van der Waals surface area (Å²) in [7, 11) is 0. The van der Waals surface area contributed by atoms with Gasteiger partial charge in [-0.2, -0.15) is 0 Å². The highest BCUT2D eigenvalue weighted by atomic mass is 16.5. The number of nitrogens with zero attached hydrogens (tertiary/aromatic N) is 1. The van der Waals surface area contributed by atoms with Crippen molar-refractivity contribution in [3.8, 4) is 11.5 Å². The Kier molecular flexibility index (Phi) is 7.20. The Labute approximate surface area is 139 Å². The normalized spacial score (nSPS) is 15.5. The molecule has 1 aromatic rings. The summed E-state index contributed by atoms with van der Waals surface area (Å²) >= 11 is 0. The largest absolute Gasteiger partial charge is 0.490 e. The van der Waals surface area contributed by atoms with Crippen LogP contribution in [0.15, 0.2) is 24.3 Å². The molecule has 1 aromatic carbocycles. The van der Waals surface area contributed by atoms with E-state index in [0.717, 1.165) is 39.0 Å². The van der Waals surface area contributed by atoms with Crippen molar-refractivity contribution in [2.24, 2.45) is 5.92 Å². The third-order valence-electron chi connectivity index (χ3n) is 4.15. The maximum absolute atomic E-state index is 12.3. The molecule has 0 aliphatic carbocycles. The van der Waals surface area contributed by atoms with Crippen molar-refractivity contribution in [1.29, 1.82) is 0 Å². The molecule has 128 valence electrons. The molecule has 1 saturated heterocycles. The maximum atomic E-state index is 12.3. The Hall–Kier alpha value is -1.75. The summed E-state index contributed by atoms with van der Waals surface area (Å²) in [5.74, 6) is 2.05. The van der Waals surface area contributed by atoms with Gasteiger partial charge in [0, 0.05) is 13.1 Å². The number of carbonyl (C=O) groups is 1. The molecule has 0 unspecified atom stereocenters. The summed E-state index contributed by atoms with van der Waals surface area (Å²) in [6.45, 7) is 8.41. The van der Waals surface area contributed by atoms with Crippen LogP contribution in [0.1, 0.15) is 26.7 Å². The van der Waals surface area contributed by atoms with Crippen LogP contribution in [0.3, 0.4) is 0 Å². The van der Waals surface area contributed by atoms with Crippen molar-refractivity contribution in [2.45, 2.75) is 26.7 Å². The van der Waals surface area contributed by atoms with Gasteiger partial charge in [-0.1, -0.05) is 19.1 Å². The van der Waals surface area contributed by atoms with Crippen LogP contribution in [-0.4, -0.2) is 50.2 Å².